The van der Waals surface area contributed by atoms with Gasteiger partial charge in [0, 0.05) is 23.9 Å². The maximum absolute atomic E-state index is 12.2. The van der Waals surface area contributed by atoms with Gasteiger partial charge in [-0.15, -0.1) is 0 Å². The molecule has 0 aliphatic carbocycles. The molecule has 132 valence electrons. The molecule has 1 aromatic carbocycles. The normalized spacial score (nSPS) is 11.5. The Kier molecular flexibility index (Phi) is 5.37. The Morgan fingerprint density at radius 2 is 1.84 bits per heavy atom. The number of benzene rings is 1. The van der Waals surface area contributed by atoms with Crippen molar-refractivity contribution in [3.8, 4) is 0 Å². The fourth-order valence-corrected chi connectivity index (χ4v) is 3.31. The number of H-pyrrole nitrogens is 1. The van der Waals surface area contributed by atoms with E-state index in [2.05, 4.69) is 30.7 Å². The Bertz CT molecular complexity index is 914. The molecule has 0 amide bonds. The lowest BCUT2D eigenvalue weighted by atomic mass is 10.1. The Hall–Kier alpha value is -2.36. The van der Waals surface area contributed by atoms with E-state index >= 15 is 0 Å². The number of pyridine rings is 2. The zero-order valence-electron chi connectivity index (χ0n) is 15.4. The van der Waals surface area contributed by atoms with E-state index in [-0.39, 0.29) is 5.56 Å². The van der Waals surface area contributed by atoms with E-state index < -0.39 is 0 Å². The largest absolute Gasteiger partial charge is 0.357 e. The maximum atomic E-state index is 12.2. The Morgan fingerprint density at radius 1 is 1.08 bits per heavy atom. The number of fused-ring (bicyclic) bond motifs is 3. The van der Waals surface area contributed by atoms with Crippen molar-refractivity contribution in [1.82, 2.24) is 9.97 Å². The first-order chi connectivity index (χ1) is 12.1. The van der Waals surface area contributed by atoms with Gasteiger partial charge in [0.15, 0.2) is 0 Å². The van der Waals surface area contributed by atoms with Crippen molar-refractivity contribution in [2.75, 3.05) is 18.0 Å². The monoisotopic (exact) mass is 337 g/mol. The lowest BCUT2D eigenvalue weighted by Crippen LogP contribution is -2.26. The molecular weight excluding hydrogens is 310 g/mol. The highest BCUT2D eigenvalue weighted by molar-refractivity contribution is 6.03. The van der Waals surface area contributed by atoms with E-state index in [9.17, 15) is 4.79 Å². The van der Waals surface area contributed by atoms with Crippen LogP contribution in [0.2, 0.25) is 0 Å². The smallest absolute Gasteiger partial charge is 0.256 e. The van der Waals surface area contributed by atoms with Gasteiger partial charge in [-0.25, -0.2) is 4.98 Å². The molecular formula is C21H27N3O. The van der Waals surface area contributed by atoms with Crippen LogP contribution < -0.4 is 10.5 Å². The summed E-state index contributed by atoms with van der Waals surface area (Å²) in [5.41, 5.74) is 1.61. The van der Waals surface area contributed by atoms with Gasteiger partial charge in [-0.05, 0) is 43.4 Å². The molecule has 0 atom stereocenters. The standard InChI is InChI=1S/C21H27N3O/c1-4-13-24(14-7-8-15(2)3)19-12-11-18-20(23-19)16-9-5-6-10-17(16)21(25)22-18/h5-6,9-12,15H,4,7-8,13-14H2,1-3H3,(H,22,25). The molecule has 0 aliphatic heterocycles. The molecule has 4 heteroatoms. The topological polar surface area (TPSA) is 49.0 Å². The molecule has 0 spiro atoms. The number of hydrogen-bond acceptors (Lipinski definition) is 3. The molecule has 0 bridgehead atoms. The number of anilines is 1. The summed E-state index contributed by atoms with van der Waals surface area (Å²) in [4.78, 5) is 22.5. The van der Waals surface area contributed by atoms with Crippen molar-refractivity contribution in [2.45, 2.75) is 40.0 Å². The van der Waals surface area contributed by atoms with Crippen molar-refractivity contribution < 1.29 is 0 Å². The third kappa shape index (κ3) is 3.84. The first-order valence-corrected chi connectivity index (χ1v) is 9.27. The van der Waals surface area contributed by atoms with E-state index in [0.29, 0.717) is 5.39 Å². The van der Waals surface area contributed by atoms with Gasteiger partial charge in [-0.1, -0.05) is 39.0 Å². The molecule has 4 nitrogen and oxygen atoms in total. The molecule has 0 fully saturated rings. The predicted molar refractivity (Wildman–Crippen MR) is 106 cm³/mol. The van der Waals surface area contributed by atoms with Crippen LogP contribution in [0.5, 0.6) is 0 Å². The van der Waals surface area contributed by atoms with Gasteiger partial charge in [0.05, 0.1) is 11.0 Å². The summed E-state index contributed by atoms with van der Waals surface area (Å²) in [5.74, 6) is 1.72. The predicted octanol–water partition coefficient (Wildman–Crippen LogP) is 4.73. The van der Waals surface area contributed by atoms with Crippen molar-refractivity contribution >= 4 is 27.6 Å². The number of nitrogens with zero attached hydrogens (tertiary/aromatic N) is 2. The Balaban J connectivity index is 2.02. The molecule has 0 radical (unpaired) electrons. The maximum Gasteiger partial charge on any atom is 0.256 e. The van der Waals surface area contributed by atoms with Crippen LogP contribution in [0.1, 0.15) is 40.0 Å². The molecule has 0 unspecified atom stereocenters. The summed E-state index contributed by atoms with van der Waals surface area (Å²) in [6, 6.07) is 11.7. The zero-order chi connectivity index (χ0) is 17.8. The van der Waals surface area contributed by atoms with Gasteiger partial charge in [-0.2, -0.15) is 0 Å². The molecule has 1 N–H and O–H groups in total. The van der Waals surface area contributed by atoms with Crippen LogP contribution in [0.15, 0.2) is 41.2 Å². The van der Waals surface area contributed by atoms with Crippen LogP contribution in [0.25, 0.3) is 21.8 Å². The molecule has 3 rings (SSSR count). The summed E-state index contributed by atoms with van der Waals surface area (Å²) in [7, 11) is 0. The molecule has 2 aromatic heterocycles. The summed E-state index contributed by atoms with van der Waals surface area (Å²) in [5, 5.41) is 1.61. The first kappa shape index (κ1) is 17.5. The average molecular weight is 337 g/mol. The number of hydrogen-bond donors (Lipinski definition) is 1. The van der Waals surface area contributed by atoms with E-state index in [1.54, 1.807) is 0 Å². The minimum absolute atomic E-state index is 0.0556. The van der Waals surface area contributed by atoms with E-state index in [1.807, 2.05) is 36.4 Å². The van der Waals surface area contributed by atoms with Crippen LogP contribution in [-0.4, -0.2) is 23.1 Å². The lowest BCUT2D eigenvalue weighted by Gasteiger charge is -2.24. The highest BCUT2D eigenvalue weighted by Gasteiger charge is 2.11. The first-order valence-electron chi connectivity index (χ1n) is 9.27. The van der Waals surface area contributed by atoms with E-state index in [0.717, 1.165) is 47.7 Å². The van der Waals surface area contributed by atoms with Crippen LogP contribution >= 0.6 is 0 Å². The van der Waals surface area contributed by atoms with Gasteiger partial charge in [0.2, 0.25) is 0 Å². The van der Waals surface area contributed by atoms with E-state index in [4.69, 9.17) is 4.98 Å². The molecule has 0 saturated heterocycles. The fraction of sp³-hybridized carbons (Fsp3) is 0.429. The number of rotatable bonds is 7. The van der Waals surface area contributed by atoms with Crippen molar-refractivity contribution in [2.24, 2.45) is 5.92 Å². The van der Waals surface area contributed by atoms with Gasteiger partial charge in [-0.3, -0.25) is 4.79 Å². The Morgan fingerprint density at radius 3 is 2.56 bits per heavy atom. The van der Waals surface area contributed by atoms with Crippen LogP contribution in [-0.2, 0) is 0 Å². The Labute approximate surface area is 148 Å². The number of nitrogens with one attached hydrogen (secondary N) is 1. The quantitative estimate of drug-likeness (QED) is 0.634. The number of aromatic amines is 1. The van der Waals surface area contributed by atoms with E-state index in [1.165, 1.54) is 12.8 Å². The van der Waals surface area contributed by atoms with Crippen molar-refractivity contribution in [1.29, 1.82) is 0 Å². The van der Waals surface area contributed by atoms with Gasteiger partial charge in [0.1, 0.15) is 5.82 Å². The van der Waals surface area contributed by atoms with Gasteiger partial charge >= 0.3 is 0 Å². The highest BCUT2D eigenvalue weighted by Crippen LogP contribution is 2.23. The summed E-state index contributed by atoms with van der Waals surface area (Å²) >= 11 is 0. The average Bonchev–Trinajstić information content (AvgIpc) is 2.61. The third-order valence-corrected chi connectivity index (χ3v) is 4.58. The third-order valence-electron chi connectivity index (χ3n) is 4.58. The molecule has 0 saturated carbocycles. The van der Waals surface area contributed by atoms with Crippen LogP contribution in [0, 0.1) is 5.92 Å². The van der Waals surface area contributed by atoms with Crippen molar-refractivity contribution in [3.05, 3.63) is 46.8 Å². The molecule has 0 aliphatic rings. The van der Waals surface area contributed by atoms with Crippen LogP contribution in [0.4, 0.5) is 5.82 Å². The lowest BCUT2D eigenvalue weighted by molar-refractivity contribution is 0.547. The van der Waals surface area contributed by atoms with Gasteiger partial charge < -0.3 is 9.88 Å². The summed E-state index contributed by atoms with van der Waals surface area (Å²) < 4.78 is 0. The second kappa shape index (κ2) is 7.68. The SMILES string of the molecule is CCCN(CCCC(C)C)c1ccc2[nH]c(=O)c3ccccc3c2n1. The summed E-state index contributed by atoms with van der Waals surface area (Å²) in [6.07, 6.45) is 3.49. The minimum Gasteiger partial charge on any atom is -0.357 e. The highest BCUT2D eigenvalue weighted by atomic mass is 16.1. The second-order valence-corrected chi connectivity index (χ2v) is 7.09. The zero-order valence-corrected chi connectivity index (χ0v) is 15.4. The number of aromatic nitrogens is 2. The molecule has 2 heterocycles. The molecule has 3 aromatic rings. The van der Waals surface area contributed by atoms with Crippen molar-refractivity contribution in [3.63, 3.8) is 0 Å². The second-order valence-electron chi connectivity index (χ2n) is 7.09. The fourth-order valence-electron chi connectivity index (χ4n) is 3.31. The summed E-state index contributed by atoms with van der Waals surface area (Å²) in [6.45, 7) is 8.74. The van der Waals surface area contributed by atoms with Crippen LogP contribution in [0.3, 0.4) is 0 Å². The van der Waals surface area contributed by atoms with Gasteiger partial charge in [0.25, 0.3) is 5.56 Å². The minimum atomic E-state index is -0.0556. The molecule has 25 heavy (non-hydrogen) atoms.